The van der Waals surface area contributed by atoms with Crippen LogP contribution in [0.4, 0.5) is 11.5 Å². The third kappa shape index (κ3) is 3.65. The molecule has 0 aliphatic rings. The molecule has 0 radical (unpaired) electrons. The Kier molecular flexibility index (Phi) is 4.81. The molecule has 0 saturated heterocycles. The van der Waals surface area contributed by atoms with Crippen molar-refractivity contribution in [1.29, 1.82) is 0 Å². The zero-order chi connectivity index (χ0) is 12.8. The first-order valence-electron chi connectivity index (χ1n) is 5.87. The average Bonchev–Trinajstić information content (AvgIpc) is 2.51. The van der Waals surface area contributed by atoms with Gasteiger partial charge in [-0.1, -0.05) is 6.92 Å². The molecule has 1 aromatic heterocycles. The van der Waals surface area contributed by atoms with Gasteiger partial charge in [-0.2, -0.15) is 5.10 Å². The van der Waals surface area contributed by atoms with E-state index in [1.165, 1.54) is 6.92 Å². The molecular weight excluding hydrogens is 218 g/mol. The van der Waals surface area contributed by atoms with Crippen LogP contribution in [0.1, 0.15) is 26.0 Å². The highest BCUT2D eigenvalue weighted by Gasteiger charge is 2.10. The van der Waals surface area contributed by atoms with Gasteiger partial charge in [0, 0.05) is 26.6 Å². The summed E-state index contributed by atoms with van der Waals surface area (Å²) >= 11 is 0. The van der Waals surface area contributed by atoms with Crippen molar-refractivity contribution in [1.82, 2.24) is 15.1 Å². The lowest BCUT2D eigenvalue weighted by Gasteiger charge is -2.10. The Morgan fingerprint density at radius 1 is 1.47 bits per heavy atom. The molecule has 0 aliphatic carbocycles. The molecule has 4 N–H and O–H groups in total. The molecule has 0 spiro atoms. The molecule has 0 fully saturated rings. The lowest BCUT2D eigenvalue weighted by Crippen LogP contribution is -2.27. The van der Waals surface area contributed by atoms with Gasteiger partial charge in [0.1, 0.15) is 5.82 Å². The highest BCUT2D eigenvalue weighted by Crippen LogP contribution is 2.21. The molecule has 17 heavy (non-hydrogen) atoms. The van der Waals surface area contributed by atoms with Gasteiger partial charge in [0.05, 0.1) is 11.4 Å². The lowest BCUT2D eigenvalue weighted by molar-refractivity contribution is -0.118. The monoisotopic (exact) mass is 239 g/mol. The van der Waals surface area contributed by atoms with Crippen LogP contribution in [-0.2, 0) is 11.3 Å². The number of rotatable bonds is 6. The van der Waals surface area contributed by atoms with Crippen molar-refractivity contribution in [2.24, 2.45) is 0 Å². The van der Waals surface area contributed by atoms with Gasteiger partial charge < -0.3 is 16.4 Å². The molecule has 0 saturated carbocycles. The molecular formula is C11H21N5O. The zero-order valence-electron chi connectivity index (χ0n) is 10.7. The number of amides is 1. The normalized spacial score (nSPS) is 10.3. The fraction of sp³-hybridized carbons (Fsp3) is 0.636. The second-order valence-corrected chi connectivity index (χ2v) is 3.98. The maximum Gasteiger partial charge on any atom is 0.216 e. The van der Waals surface area contributed by atoms with Gasteiger partial charge in [-0.15, -0.1) is 0 Å². The van der Waals surface area contributed by atoms with Gasteiger partial charge in [0.2, 0.25) is 5.91 Å². The number of anilines is 2. The molecule has 0 unspecified atom stereocenters. The molecule has 0 atom stereocenters. The molecule has 0 bridgehead atoms. The summed E-state index contributed by atoms with van der Waals surface area (Å²) in [5.41, 5.74) is 7.46. The van der Waals surface area contributed by atoms with E-state index in [4.69, 9.17) is 5.73 Å². The Labute approximate surface area is 102 Å². The number of carbonyl (C=O) groups is 1. The molecule has 0 aliphatic heterocycles. The Balaban J connectivity index is 2.59. The van der Waals surface area contributed by atoms with Crippen LogP contribution in [0.3, 0.4) is 0 Å². The topological polar surface area (TPSA) is 85.0 Å². The summed E-state index contributed by atoms with van der Waals surface area (Å²) in [6.07, 6.45) is 1.00. The SMILES string of the molecule is CCCn1nc(C)c(N)c1NCCNC(C)=O. The smallest absolute Gasteiger partial charge is 0.216 e. The molecule has 6 heteroatoms. The van der Waals surface area contributed by atoms with Crippen molar-refractivity contribution < 1.29 is 4.79 Å². The predicted octanol–water partition coefficient (Wildman–Crippen LogP) is 0.732. The second kappa shape index (κ2) is 6.12. The first kappa shape index (κ1) is 13.3. The molecule has 6 nitrogen and oxygen atoms in total. The molecule has 1 amide bonds. The van der Waals surface area contributed by atoms with Crippen LogP contribution in [0.15, 0.2) is 0 Å². The van der Waals surface area contributed by atoms with Gasteiger partial charge in [-0.3, -0.25) is 4.79 Å². The van der Waals surface area contributed by atoms with E-state index in [9.17, 15) is 4.79 Å². The van der Waals surface area contributed by atoms with E-state index < -0.39 is 0 Å². The third-order valence-electron chi connectivity index (χ3n) is 2.40. The van der Waals surface area contributed by atoms with Crippen molar-refractivity contribution in [3.8, 4) is 0 Å². The maximum absolute atomic E-state index is 10.7. The Morgan fingerprint density at radius 2 is 2.18 bits per heavy atom. The molecule has 96 valence electrons. The van der Waals surface area contributed by atoms with E-state index >= 15 is 0 Å². The number of nitrogens with one attached hydrogen (secondary N) is 2. The highest BCUT2D eigenvalue weighted by atomic mass is 16.1. The maximum atomic E-state index is 10.7. The summed E-state index contributed by atoms with van der Waals surface area (Å²) in [7, 11) is 0. The number of aryl methyl sites for hydroxylation is 2. The highest BCUT2D eigenvalue weighted by molar-refractivity contribution is 5.72. The molecule has 0 aromatic carbocycles. The van der Waals surface area contributed by atoms with Crippen LogP contribution in [0, 0.1) is 6.92 Å². The van der Waals surface area contributed by atoms with E-state index in [1.54, 1.807) is 0 Å². The first-order chi connectivity index (χ1) is 8.06. The summed E-state index contributed by atoms with van der Waals surface area (Å²) in [5, 5.41) is 10.3. The predicted molar refractivity (Wildman–Crippen MR) is 68.8 cm³/mol. The summed E-state index contributed by atoms with van der Waals surface area (Å²) in [6.45, 7) is 7.53. The second-order valence-electron chi connectivity index (χ2n) is 3.98. The Bertz CT molecular complexity index is 385. The van der Waals surface area contributed by atoms with Crippen molar-refractivity contribution in [3.05, 3.63) is 5.69 Å². The number of nitrogen functional groups attached to an aromatic ring is 1. The number of nitrogens with zero attached hydrogens (tertiary/aromatic N) is 2. The number of hydrogen-bond acceptors (Lipinski definition) is 4. The average molecular weight is 239 g/mol. The van der Waals surface area contributed by atoms with Crippen molar-refractivity contribution in [2.45, 2.75) is 33.7 Å². The van der Waals surface area contributed by atoms with Gasteiger partial charge in [-0.25, -0.2) is 4.68 Å². The quantitative estimate of drug-likeness (QED) is 0.639. The Morgan fingerprint density at radius 3 is 2.76 bits per heavy atom. The van der Waals surface area contributed by atoms with Crippen LogP contribution in [0.5, 0.6) is 0 Å². The number of hydrogen-bond donors (Lipinski definition) is 3. The molecule has 1 heterocycles. The number of carbonyl (C=O) groups excluding carboxylic acids is 1. The lowest BCUT2D eigenvalue weighted by atomic mass is 10.4. The third-order valence-corrected chi connectivity index (χ3v) is 2.40. The van der Waals surface area contributed by atoms with E-state index in [-0.39, 0.29) is 5.91 Å². The fourth-order valence-corrected chi connectivity index (χ4v) is 1.57. The van der Waals surface area contributed by atoms with Crippen LogP contribution in [-0.4, -0.2) is 28.8 Å². The minimum atomic E-state index is -0.0296. The summed E-state index contributed by atoms with van der Waals surface area (Å²) in [5.74, 6) is 0.813. The van der Waals surface area contributed by atoms with Crippen molar-refractivity contribution in [2.75, 3.05) is 24.1 Å². The molecule has 1 rings (SSSR count). The van der Waals surface area contributed by atoms with Crippen molar-refractivity contribution in [3.63, 3.8) is 0 Å². The van der Waals surface area contributed by atoms with E-state index in [0.29, 0.717) is 18.8 Å². The summed E-state index contributed by atoms with van der Waals surface area (Å²) in [6, 6.07) is 0. The van der Waals surface area contributed by atoms with Crippen LogP contribution < -0.4 is 16.4 Å². The van der Waals surface area contributed by atoms with E-state index in [1.807, 2.05) is 11.6 Å². The number of nitrogens with two attached hydrogens (primary N) is 1. The van der Waals surface area contributed by atoms with Crippen LogP contribution >= 0.6 is 0 Å². The largest absolute Gasteiger partial charge is 0.394 e. The standard InChI is InChI=1S/C11H21N5O/c1-4-7-16-11(10(12)8(2)15-16)14-6-5-13-9(3)17/h14H,4-7,12H2,1-3H3,(H,13,17). The van der Waals surface area contributed by atoms with Gasteiger partial charge in [0.25, 0.3) is 0 Å². The summed E-state index contributed by atoms with van der Waals surface area (Å²) < 4.78 is 1.87. The van der Waals surface area contributed by atoms with Crippen LogP contribution in [0.25, 0.3) is 0 Å². The Hall–Kier alpha value is -1.72. The van der Waals surface area contributed by atoms with Gasteiger partial charge >= 0.3 is 0 Å². The van der Waals surface area contributed by atoms with Gasteiger partial charge in [-0.05, 0) is 13.3 Å². The minimum absolute atomic E-state index is 0.0296. The van der Waals surface area contributed by atoms with E-state index in [2.05, 4.69) is 22.7 Å². The zero-order valence-corrected chi connectivity index (χ0v) is 10.7. The minimum Gasteiger partial charge on any atom is -0.394 e. The van der Waals surface area contributed by atoms with E-state index in [0.717, 1.165) is 24.5 Å². The summed E-state index contributed by atoms with van der Waals surface area (Å²) in [4.78, 5) is 10.7. The number of aromatic nitrogens is 2. The molecule has 1 aromatic rings. The fourth-order valence-electron chi connectivity index (χ4n) is 1.57. The van der Waals surface area contributed by atoms with Crippen molar-refractivity contribution >= 4 is 17.4 Å². The first-order valence-corrected chi connectivity index (χ1v) is 5.87. The van der Waals surface area contributed by atoms with Gasteiger partial charge in [0.15, 0.2) is 0 Å². The van der Waals surface area contributed by atoms with Crippen LogP contribution in [0.2, 0.25) is 0 Å².